The minimum absolute atomic E-state index is 0.170. The number of Topliss-reactive ketones (excluding diaryl/α,β-unsaturated/α-hetero) is 1. The van der Waals surface area contributed by atoms with Crippen LogP contribution in [0, 0.1) is 45.3 Å². The van der Waals surface area contributed by atoms with Crippen LogP contribution in [0.1, 0.15) is 107 Å². The Bertz CT molecular complexity index is 856. The average Bonchev–Trinajstić information content (AvgIpc) is 3.01. The number of halogens is 1. The summed E-state index contributed by atoms with van der Waals surface area (Å²) >= 11 is 6.32. The van der Waals surface area contributed by atoms with E-state index in [0.29, 0.717) is 35.9 Å². The summed E-state index contributed by atoms with van der Waals surface area (Å²) < 4.78 is 0. The lowest BCUT2D eigenvalue weighted by molar-refractivity contribution is -0.146. The minimum atomic E-state index is -0.928. The molecule has 4 aliphatic rings. The molecule has 3 saturated carbocycles. The van der Waals surface area contributed by atoms with Gasteiger partial charge in [-0.15, -0.1) is 11.6 Å². The molecule has 0 aromatic carbocycles. The van der Waals surface area contributed by atoms with Gasteiger partial charge in [-0.1, -0.05) is 53.2 Å². The van der Waals surface area contributed by atoms with Crippen LogP contribution in [-0.4, -0.2) is 33.1 Å². The summed E-state index contributed by atoms with van der Waals surface area (Å²) in [5, 5.41) is 21.3. The van der Waals surface area contributed by atoms with Crippen LogP contribution in [0.2, 0.25) is 0 Å². The van der Waals surface area contributed by atoms with Gasteiger partial charge >= 0.3 is 0 Å². The maximum absolute atomic E-state index is 12.8. The fourth-order valence-electron chi connectivity index (χ4n) is 9.60. The smallest absolute Gasteiger partial charge is 0.138 e. The van der Waals surface area contributed by atoms with Crippen molar-refractivity contribution in [3.8, 4) is 0 Å². The zero-order valence-electron chi connectivity index (χ0n) is 22.9. The van der Waals surface area contributed by atoms with Crippen LogP contribution in [-0.2, 0) is 4.79 Å². The van der Waals surface area contributed by atoms with Crippen molar-refractivity contribution in [2.45, 2.75) is 124 Å². The highest BCUT2D eigenvalue weighted by Crippen LogP contribution is 2.73. The van der Waals surface area contributed by atoms with Crippen LogP contribution < -0.4 is 0 Å². The van der Waals surface area contributed by atoms with Crippen LogP contribution in [0.15, 0.2) is 11.6 Å². The molecule has 0 amide bonds. The highest BCUT2D eigenvalue weighted by atomic mass is 35.5. The van der Waals surface area contributed by atoms with Gasteiger partial charge in [-0.25, -0.2) is 0 Å². The summed E-state index contributed by atoms with van der Waals surface area (Å²) in [6.07, 6.45) is 9.01. The Morgan fingerprint density at radius 2 is 1.74 bits per heavy atom. The van der Waals surface area contributed by atoms with Gasteiger partial charge in [0, 0.05) is 11.8 Å². The molecule has 4 heteroatoms. The molecule has 0 unspecified atom stereocenters. The third-order valence-corrected chi connectivity index (χ3v) is 12.2. The first-order valence-corrected chi connectivity index (χ1v) is 14.2. The summed E-state index contributed by atoms with van der Waals surface area (Å²) in [7, 11) is 0. The average molecular weight is 493 g/mol. The second kappa shape index (κ2) is 8.32. The van der Waals surface area contributed by atoms with E-state index >= 15 is 0 Å². The first kappa shape index (κ1) is 26.7. The van der Waals surface area contributed by atoms with E-state index in [1.165, 1.54) is 25.7 Å². The monoisotopic (exact) mass is 492 g/mol. The van der Waals surface area contributed by atoms with E-state index in [2.05, 4.69) is 47.6 Å². The third-order valence-electron chi connectivity index (χ3n) is 12.0. The molecule has 0 bridgehead atoms. The zero-order chi connectivity index (χ0) is 25.5. The first-order valence-electron chi connectivity index (χ1n) is 13.8. The van der Waals surface area contributed by atoms with Gasteiger partial charge in [0.25, 0.3) is 0 Å². The fourth-order valence-corrected chi connectivity index (χ4v) is 9.74. The number of hydrogen-bond donors (Lipinski definition) is 2. The SMILES string of the molecule is C[C@@H](C[C@@H](O)[C@H](O)C(C)(C)Cl)[C@@H]1CC[C@]2(C)C3=CC[C@H]4C(C)(C)C(=O)CC[C@]4(C)[C@H]3CC[C@@]12C. The molecule has 4 aliphatic carbocycles. The van der Waals surface area contributed by atoms with Gasteiger partial charge in [0.05, 0.1) is 17.1 Å². The number of allylic oxidation sites excluding steroid dienone is 2. The molecule has 4 rings (SSSR count). The van der Waals surface area contributed by atoms with Crippen molar-refractivity contribution in [3.05, 3.63) is 11.6 Å². The quantitative estimate of drug-likeness (QED) is 0.323. The van der Waals surface area contributed by atoms with Crippen molar-refractivity contribution < 1.29 is 15.0 Å². The van der Waals surface area contributed by atoms with Crippen molar-refractivity contribution in [1.82, 2.24) is 0 Å². The number of aliphatic hydroxyl groups excluding tert-OH is 2. The Hall–Kier alpha value is -0.380. The summed E-state index contributed by atoms with van der Waals surface area (Å²) in [5.74, 6) is 2.32. The summed E-state index contributed by atoms with van der Waals surface area (Å²) in [6, 6.07) is 0. The van der Waals surface area contributed by atoms with Gasteiger partial charge in [0.1, 0.15) is 5.78 Å². The van der Waals surface area contributed by atoms with E-state index in [4.69, 9.17) is 11.6 Å². The molecule has 0 aliphatic heterocycles. The maximum Gasteiger partial charge on any atom is 0.138 e. The number of hydrogen-bond acceptors (Lipinski definition) is 3. The highest BCUT2D eigenvalue weighted by molar-refractivity contribution is 6.23. The van der Waals surface area contributed by atoms with Gasteiger partial charge < -0.3 is 10.2 Å². The van der Waals surface area contributed by atoms with E-state index in [1.807, 2.05) is 0 Å². The summed E-state index contributed by atoms with van der Waals surface area (Å²) in [4.78, 5) is 12.0. The van der Waals surface area contributed by atoms with Gasteiger partial charge in [-0.05, 0) is 98.7 Å². The number of carbonyl (C=O) groups excluding carboxylic acids is 1. The van der Waals surface area contributed by atoms with Crippen molar-refractivity contribution in [2.75, 3.05) is 0 Å². The lowest BCUT2D eigenvalue weighted by Gasteiger charge is -2.63. The van der Waals surface area contributed by atoms with Crippen molar-refractivity contribution in [3.63, 3.8) is 0 Å². The van der Waals surface area contributed by atoms with Gasteiger partial charge in [-0.2, -0.15) is 0 Å². The number of carbonyl (C=O) groups is 1. The molecule has 3 fully saturated rings. The number of ketones is 1. The first-order chi connectivity index (χ1) is 15.5. The fraction of sp³-hybridized carbons (Fsp3) is 0.900. The van der Waals surface area contributed by atoms with Crippen LogP contribution in [0.5, 0.6) is 0 Å². The van der Waals surface area contributed by atoms with E-state index in [0.717, 1.165) is 19.3 Å². The molecular weight excluding hydrogens is 444 g/mol. The predicted molar refractivity (Wildman–Crippen MR) is 140 cm³/mol. The number of rotatable bonds is 5. The molecule has 3 nitrogen and oxygen atoms in total. The van der Waals surface area contributed by atoms with E-state index in [9.17, 15) is 15.0 Å². The lowest BCUT2D eigenvalue weighted by Crippen LogP contribution is -2.57. The van der Waals surface area contributed by atoms with Gasteiger partial charge in [0.15, 0.2) is 0 Å². The molecule has 0 heterocycles. The molecule has 2 N–H and O–H groups in total. The highest BCUT2D eigenvalue weighted by Gasteiger charge is 2.65. The largest absolute Gasteiger partial charge is 0.390 e. The van der Waals surface area contributed by atoms with E-state index in [-0.39, 0.29) is 21.7 Å². The molecule has 0 aromatic heterocycles. The van der Waals surface area contributed by atoms with Crippen LogP contribution in [0.25, 0.3) is 0 Å². The van der Waals surface area contributed by atoms with Crippen LogP contribution in [0.4, 0.5) is 0 Å². The Morgan fingerprint density at radius 1 is 1.09 bits per heavy atom. The second-order valence-corrected chi connectivity index (χ2v) is 15.3. The molecule has 194 valence electrons. The molecule has 0 radical (unpaired) electrons. The number of fused-ring (bicyclic) bond motifs is 5. The topological polar surface area (TPSA) is 57.5 Å². The van der Waals surface area contributed by atoms with Crippen molar-refractivity contribution in [2.24, 2.45) is 45.3 Å². The molecule has 34 heavy (non-hydrogen) atoms. The number of alkyl halides is 1. The maximum atomic E-state index is 12.8. The number of aliphatic hydroxyl groups is 2. The van der Waals surface area contributed by atoms with Crippen LogP contribution >= 0.6 is 11.6 Å². The standard InChI is InChI=1S/C30H49ClO3/c1-18(17-22(32)25(34)27(4,5)31)19-11-15-30(8)21-9-10-23-26(2,3)24(33)13-14-28(23,6)20(21)12-16-29(19,30)7/h9,18-20,22-23,25,32,34H,10-17H2,1-8H3/t18-,19-,20-,22+,23-,25-,28+,29-,30+/m0/s1. The molecule has 0 aromatic rings. The van der Waals surface area contributed by atoms with Crippen LogP contribution in [0.3, 0.4) is 0 Å². The Balaban J connectivity index is 1.60. The zero-order valence-corrected chi connectivity index (χ0v) is 23.6. The predicted octanol–water partition coefficient (Wildman–Crippen LogP) is 6.93. The molecule has 0 saturated heterocycles. The normalized spacial score (nSPS) is 44.4. The molecule has 9 atom stereocenters. The summed E-state index contributed by atoms with van der Waals surface area (Å²) in [6.45, 7) is 17.7. The molecule has 0 spiro atoms. The molecular formula is C30H49ClO3. The van der Waals surface area contributed by atoms with Gasteiger partial charge in [0.2, 0.25) is 0 Å². The van der Waals surface area contributed by atoms with E-state index < -0.39 is 17.1 Å². The minimum Gasteiger partial charge on any atom is -0.390 e. The summed E-state index contributed by atoms with van der Waals surface area (Å²) in [5.41, 5.74) is 2.03. The Kier molecular flexibility index (Phi) is 6.53. The second-order valence-electron chi connectivity index (χ2n) is 14.4. The van der Waals surface area contributed by atoms with Gasteiger partial charge in [-0.3, -0.25) is 4.79 Å². The Morgan fingerprint density at radius 3 is 2.35 bits per heavy atom. The Labute approximate surface area is 213 Å². The lowest BCUT2D eigenvalue weighted by atomic mass is 9.41. The van der Waals surface area contributed by atoms with Crippen molar-refractivity contribution >= 4 is 17.4 Å². The van der Waals surface area contributed by atoms with E-state index in [1.54, 1.807) is 19.4 Å². The third kappa shape index (κ3) is 3.69. The van der Waals surface area contributed by atoms with Crippen molar-refractivity contribution in [1.29, 1.82) is 0 Å².